The number of ether oxygens (including phenoxy) is 2. The Labute approximate surface area is 182 Å². The molecule has 0 spiro atoms. The normalized spacial score (nSPS) is 11.8. The smallest absolute Gasteiger partial charge is 0.255 e. The fourth-order valence-electron chi connectivity index (χ4n) is 3.23. The Hall–Kier alpha value is -4.46. The van der Waals surface area contributed by atoms with Gasteiger partial charge >= 0.3 is 0 Å². The molecule has 0 unspecified atom stereocenters. The molecule has 0 fully saturated rings. The molecule has 0 saturated carbocycles. The topological polar surface area (TPSA) is 85.4 Å². The molecule has 3 aromatic carbocycles. The zero-order valence-corrected chi connectivity index (χ0v) is 16.7. The van der Waals surface area contributed by atoms with Crippen molar-refractivity contribution in [1.29, 1.82) is 0 Å². The van der Waals surface area contributed by atoms with Crippen LogP contribution in [0.4, 0.5) is 21.6 Å². The minimum Gasteiger partial charge on any atom is -0.454 e. The van der Waals surface area contributed by atoms with Crippen LogP contribution in [-0.4, -0.2) is 22.7 Å². The molecule has 0 aliphatic carbocycles. The summed E-state index contributed by atoms with van der Waals surface area (Å²) in [5.74, 6) is 1.63. The van der Waals surface area contributed by atoms with Gasteiger partial charge in [0.2, 0.25) is 6.79 Å². The van der Waals surface area contributed by atoms with Crippen molar-refractivity contribution in [2.45, 2.75) is 0 Å². The summed E-state index contributed by atoms with van der Waals surface area (Å²) in [7, 11) is 0. The fourth-order valence-corrected chi connectivity index (χ4v) is 3.23. The van der Waals surface area contributed by atoms with E-state index in [0.717, 1.165) is 5.69 Å². The number of rotatable bonds is 5. The number of nitrogens with one attached hydrogen (secondary N) is 2. The highest BCUT2D eigenvalue weighted by Crippen LogP contribution is 2.34. The van der Waals surface area contributed by atoms with Crippen LogP contribution in [0.5, 0.6) is 11.5 Å². The minimum atomic E-state index is -0.348. The number of fused-ring (bicyclic) bond motifs is 1. The molecule has 0 saturated heterocycles. The van der Waals surface area contributed by atoms with Gasteiger partial charge in [0.05, 0.1) is 0 Å². The number of halogens is 1. The molecule has 1 aliphatic heterocycles. The molecule has 0 atom stereocenters. The van der Waals surface area contributed by atoms with Crippen molar-refractivity contribution in [2.24, 2.45) is 0 Å². The third-order valence-electron chi connectivity index (χ3n) is 4.79. The third kappa shape index (κ3) is 4.20. The molecular weight excluding hydrogens is 411 g/mol. The van der Waals surface area contributed by atoms with Crippen LogP contribution in [0.2, 0.25) is 0 Å². The van der Waals surface area contributed by atoms with Gasteiger partial charge in [0.25, 0.3) is 5.91 Å². The molecule has 0 radical (unpaired) electrons. The number of carbonyl (C=O) groups is 1. The summed E-state index contributed by atoms with van der Waals surface area (Å²) in [6.07, 6.45) is 1.60. The van der Waals surface area contributed by atoms with E-state index >= 15 is 0 Å². The molecule has 1 aliphatic rings. The first-order valence-electron chi connectivity index (χ1n) is 9.81. The second-order valence-corrected chi connectivity index (χ2v) is 7.00. The molecule has 158 valence electrons. The van der Waals surface area contributed by atoms with Gasteiger partial charge in [-0.25, -0.2) is 14.4 Å². The number of amides is 1. The van der Waals surface area contributed by atoms with E-state index in [1.165, 1.54) is 12.1 Å². The standard InChI is InChI=1S/C24H17FN4O3/c25-17-3-1-2-16(12-17)23-26-11-10-22(29-23)27-18-6-4-15(5-7-18)24(30)28-19-8-9-20-21(13-19)32-14-31-20/h1-13H,14H2,(H,28,30)(H,26,27,29). The Morgan fingerprint density at radius 2 is 1.72 bits per heavy atom. The summed E-state index contributed by atoms with van der Waals surface area (Å²) in [6, 6.07) is 20.0. The van der Waals surface area contributed by atoms with E-state index in [9.17, 15) is 9.18 Å². The second-order valence-electron chi connectivity index (χ2n) is 7.00. The van der Waals surface area contributed by atoms with E-state index in [4.69, 9.17) is 9.47 Å². The quantitative estimate of drug-likeness (QED) is 0.465. The molecule has 2 N–H and O–H groups in total. The van der Waals surface area contributed by atoms with E-state index in [2.05, 4.69) is 20.6 Å². The fraction of sp³-hybridized carbons (Fsp3) is 0.0417. The first-order chi connectivity index (χ1) is 15.6. The summed E-state index contributed by atoms with van der Waals surface area (Å²) in [5.41, 5.74) is 2.45. The van der Waals surface area contributed by atoms with Crippen molar-refractivity contribution >= 4 is 23.1 Å². The molecule has 7 nitrogen and oxygen atoms in total. The lowest BCUT2D eigenvalue weighted by Gasteiger charge is -2.09. The van der Waals surface area contributed by atoms with Crippen LogP contribution in [0.25, 0.3) is 11.4 Å². The van der Waals surface area contributed by atoms with E-state index in [0.29, 0.717) is 40.0 Å². The second kappa shape index (κ2) is 8.35. The summed E-state index contributed by atoms with van der Waals surface area (Å²) in [5, 5.41) is 6.01. The van der Waals surface area contributed by atoms with Crippen LogP contribution in [0, 0.1) is 5.82 Å². The maximum Gasteiger partial charge on any atom is 0.255 e. The summed E-state index contributed by atoms with van der Waals surface area (Å²) < 4.78 is 24.1. The number of hydrogen-bond acceptors (Lipinski definition) is 6. The summed E-state index contributed by atoms with van der Waals surface area (Å²) >= 11 is 0. The molecule has 0 bridgehead atoms. The van der Waals surface area contributed by atoms with Crippen LogP contribution in [0.3, 0.4) is 0 Å². The molecule has 1 aromatic heterocycles. The molecule has 5 rings (SSSR count). The van der Waals surface area contributed by atoms with Gasteiger partial charge in [-0.1, -0.05) is 12.1 Å². The maximum absolute atomic E-state index is 13.5. The average molecular weight is 428 g/mol. The Morgan fingerprint density at radius 3 is 2.56 bits per heavy atom. The largest absolute Gasteiger partial charge is 0.454 e. The van der Waals surface area contributed by atoms with Crippen LogP contribution in [0.1, 0.15) is 10.4 Å². The molecule has 1 amide bonds. The van der Waals surface area contributed by atoms with Gasteiger partial charge in [0, 0.05) is 34.8 Å². The maximum atomic E-state index is 13.5. The zero-order valence-electron chi connectivity index (χ0n) is 16.7. The van der Waals surface area contributed by atoms with Crippen molar-refractivity contribution in [3.63, 3.8) is 0 Å². The molecule has 2 heterocycles. The third-order valence-corrected chi connectivity index (χ3v) is 4.79. The number of nitrogens with zero attached hydrogens (tertiary/aromatic N) is 2. The Morgan fingerprint density at radius 1 is 0.906 bits per heavy atom. The van der Waals surface area contributed by atoms with Crippen LogP contribution < -0.4 is 20.1 Å². The predicted molar refractivity (Wildman–Crippen MR) is 118 cm³/mol. The molecule has 32 heavy (non-hydrogen) atoms. The van der Waals surface area contributed by atoms with Crippen LogP contribution in [-0.2, 0) is 0 Å². The van der Waals surface area contributed by atoms with Gasteiger partial charge in [0.15, 0.2) is 17.3 Å². The van der Waals surface area contributed by atoms with E-state index in [1.54, 1.807) is 66.9 Å². The minimum absolute atomic E-state index is 0.178. The van der Waals surface area contributed by atoms with E-state index in [-0.39, 0.29) is 18.5 Å². The SMILES string of the molecule is O=C(Nc1ccc2c(c1)OCO2)c1ccc(Nc2ccnc(-c3cccc(F)c3)n2)cc1. The van der Waals surface area contributed by atoms with Gasteiger partial charge in [-0.3, -0.25) is 4.79 Å². The van der Waals surface area contributed by atoms with Crippen molar-refractivity contribution in [1.82, 2.24) is 9.97 Å². The van der Waals surface area contributed by atoms with Gasteiger partial charge in [-0.2, -0.15) is 0 Å². The lowest BCUT2D eigenvalue weighted by atomic mass is 10.2. The first kappa shape index (κ1) is 19.5. The van der Waals surface area contributed by atoms with Crippen LogP contribution in [0.15, 0.2) is 79.0 Å². The number of aromatic nitrogens is 2. The lowest BCUT2D eigenvalue weighted by molar-refractivity contribution is 0.102. The van der Waals surface area contributed by atoms with Crippen LogP contribution >= 0.6 is 0 Å². The Bertz CT molecular complexity index is 1290. The van der Waals surface area contributed by atoms with Crippen molar-refractivity contribution in [3.8, 4) is 22.9 Å². The molecular formula is C24H17FN4O3. The van der Waals surface area contributed by atoms with E-state index in [1.807, 2.05) is 0 Å². The first-order valence-corrected chi connectivity index (χ1v) is 9.81. The van der Waals surface area contributed by atoms with Crippen molar-refractivity contribution in [2.75, 3.05) is 17.4 Å². The summed E-state index contributed by atoms with van der Waals surface area (Å²) in [6.45, 7) is 0.178. The zero-order chi connectivity index (χ0) is 21.9. The summed E-state index contributed by atoms with van der Waals surface area (Å²) in [4.78, 5) is 21.2. The van der Waals surface area contributed by atoms with Gasteiger partial charge in [-0.15, -0.1) is 0 Å². The van der Waals surface area contributed by atoms with Gasteiger partial charge in [0.1, 0.15) is 11.6 Å². The number of hydrogen-bond donors (Lipinski definition) is 2. The highest BCUT2D eigenvalue weighted by molar-refractivity contribution is 6.04. The number of anilines is 3. The number of carbonyl (C=O) groups excluding carboxylic acids is 1. The van der Waals surface area contributed by atoms with E-state index < -0.39 is 0 Å². The Kier molecular flexibility index (Phi) is 5.09. The van der Waals surface area contributed by atoms with Crippen molar-refractivity contribution in [3.05, 3.63) is 90.4 Å². The highest BCUT2D eigenvalue weighted by atomic mass is 19.1. The molecule has 8 heteroatoms. The van der Waals surface area contributed by atoms with Gasteiger partial charge < -0.3 is 20.1 Å². The molecule has 4 aromatic rings. The van der Waals surface area contributed by atoms with Crippen molar-refractivity contribution < 1.29 is 18.7 Å². The monoisotopic (exact) mass is 428 g/mol. The average Bonchev–Trinajstić information content (AvgIpc) is 3.28. The highest BCUT2D eigenvalue weighted by Gasteiger charge is 2.14. The van der Waals surface area contributed by atoms with Gasteiger partial charge in [-0.05, 0) is 54.6 Å². The lowest BCUT2D eigenvalue weighted by Crippen LogP contribution is -2.11. The predicted octanol–water partition coefficient (Wildman–Crippen LogP) is 5.01. The number of benzene rings is 3. The Balaban J connectivity index is 1.27.